The molecule has 0 unspecified atom stereocenters. The van der Waals surface area contributed by atoms with E-state index < -0.39 is 28.9 Å². The molecule has 0 aliphatic heterocycles. The second-order valence-corrected chi connectivity index (χ2v) is 5.18. The van der Waals surface area contributed by atoms with Gasteiger partial charge in [-0.25, -0.2) is 13.2 Å². The van der Waals surface area contributed by atoms with Crippen molar-refractivity contribution in [3.8, 4) is 0 Å². The maximum atomic E-state index is 13.4. The lowest BCUT2D eigenvalue weighted by Gasteiger charge is -2.08. The zero-order valence-electron chi connectivity index (χ0n) is 12.2. The van der Waals surface area contributed by atoms with Crippen molar-refractivity contribution in [2.45, 2.75) is 0 Å². The lowest BCUT2D eigenvalue weighted by atomic mass is 10.2. The fourth-order valence-corrected chi connectivity index (χ4v) is 1.98. The zero-order valence-corrected chi connectivity index (χ0v) is 13.0. The number of hydrogen-bond donors (Lipinski definition) is 2. The topological polar surface area (TPSA) is 58.2 Å². The highest BCUT2D eigenvalue weighted by molar-refractivity contribution is 6.30. The molecule has 0 saturated heterocycles. The summed E-state index contributed by atoms with van der Waals surface area (Å²) in [5.41, 5.74) is -0.227. The Morgan fingerprint density at radius 3 is 2.04 bits per heavy atom. The maximum absolute atomic E-state index is 13.4. The van der Waals surface area contributed by atoms with Crippen LogP contribution in [-0.2, 0) is 0 Å². The van der Waals surface area contributed by atoms with Crippen molar-refractivity contribution >= 4 is 23.4 Å². The summed E-state index contributed by atoms with van der Waals surface area (Å²) in [6, 6.07) is 7.69. The van der Waals surface area contributed by atoms with E-state index in [4.69, 9.17) is 11.6 Å². The molecule has 24 heavy (non-hydrogen) atoms. The van der Waals surface area contributed by atoms with Gasteiger partial charge in [0.1, 0.15) is 0 Å². The molecule has 2 aromatic rings. The Morgan fingerprint density at radius 1 is 0.833 bits per heavy atom. The van der Waals surface area contributed by atoms with Crippen LogP contribution in [0.25, 0.3) is 0 Å². The maximum Gasteiger partial charge on any atom is 0.254 e. The van der Waals surface area contributed by atoms with Crippen molar-refractivity contribution in [1.29, 1.82) is 0 Å². The Kier molecular flexibility index (Phi) is 5.81. The SMILES string of the molecule is O=C(NCCNC(=O)c1ccc(F)c(F)c1F)c1ccc(Cl)cc1. The number of halogens is 4. The average molecular weight is 357 g/mol. The van der Waals surface area contributed by atoms with Crippen LogP contribution in [0.15, 0.2) is 36.4 Å². The number of nitrogens with one attached hydrogen (secondary N) is 2. The molecule has 0 aromatic heterocycles. The molecule has 2 amide bonds. The summed E-state index contributed by atoms with van der Waals surface area (Å²) >= 11 is 5.71. The summed E-state index contributed by atoms with van der Waals surface area (Å²) in [6.45, 7) is 0.0507. The highest BCUT2D eigenvalue weighted by atomic mass is 35.5. The summed E-state index contributed by atoms with van der Waals surface area (Å²) in [4.78, 5) is 23.5. The van der Waals surface area contributed by atoms with Gasteiger partial charge in [-0.15, -0.1) is 0 Å². The van der Waals surface area contributed by atoms with Gasteiger partial charge in [0.25, 0.3) is 11.8 Å². The largest absolute Gasteiger partial charge is 0.350 e. The van der Waals surface area contributed by atoms with Gasteiger partial charge in [0.05, 0.1) is 5.56 Å². The van der Waals surface area contributed by atoms with E-state index in [2.05, 4.69) is 10.6 Å². The van der Waals surface area contributed by atoms with Crippen LogP contribution in [0, 0.1) is 17.5 Å². The molecule has 4 nitrogen and oxygen atoms in total. The first-order valence-electron chi connectivity index (χ1n) is 6.85. The molecular formula is C16H12ClF3N2O2. The number of hydrogen-bond acceptors (Lipinski definition) is 2. The summed E-state index contributed by atoms with van der Waals surface area (Å²) in [5, 5.41) is 5.33. The van der Waals surface area contributed by atoms with Crippen LogP contribution in [0.4, 0.5) is 13.2 Å². The normalized spacial score (nSPS) is 10.3. The standard InChI is InChI=1S/C16H12ClF3N2O2/c17-10-3-1-9(2-4-10)15(23)21-7-8-22-16(24)11-5-6-12(18)14(20)13(11)19/h1-6H,7-8H2,(H,21,23)(H,22,24). The molecule has 0 aliphatic carbocycles. The van der Waals surface area contributed by atoms with E-state index in [0.29, 0.717) is 16.7 Å². The summed E-state index contributed by atoms with van der Waals surface area (Å²) in [6.07, 6.45) is 0. The Morgan fingerprint density at radius 2 is 1.42 bits per heavy atom. The van der Waals surface area contributed by atoms with Gasteiger partial charge in [-0.05, 0) is 36.4 Å². The third kappa shape index (κ3) is 4.26. The number of carbonyl (C=O) groups is 2. The Balaban J connectivity index is 1.84. The van der Waals surface area contributed by atoms with Crippen molar-refractivity contribution in [2.24, 2.45) is 0 Å². The molecule has 0 bridgehead atoms. The smallest absolute Gasteiger partial charge is 0.254 e. The minimum absolute atomic E-state index is 0.0173. The Labute approximate surface area is 140 Å². The van der Waals surface area contributed by atoms with Crippen LogP contribution in [-0.4, -0.2) is 24.9 Å². The fraction of sp³-hybridized carbons (Fsp3) is 0.125. The van der Waals surface area contributed by atoms with Crippen LogP contribution in [0.3, 0.4) is 0 Å². The van der Waals surface area contributed by atoms with Crippen LogP contribution < -0.4 is 10.6 Å². The molecule has 0 spiro atoms. The quantitative estimate of drug-likeness (QED) is 0.639. The molecule has 0 saturated carbocycles. The highest BCUT2D eigenvalue weighted by Gasteiger charge is 2.18. The third-order valence-electron chi connectivity index (χ3n) is 3.08. The van der Waals surface area contributed by atoms with Crippen LogP contribution in [0.1, 0.15) is 20.7 Å². The molecule has 0 radical (unpaired) electrons. The van der Waals surface area contributed by atoms with Gasteiger partial charge in [0, 0.05) is 23.7 Å². The van der Waals surface area contributed by atoms with E-state index in [-0.39, 0.29) is 19.0 Å². The molecule has 126 valence electrons. The average Bonchev–Trinajstić information content (AvgIpc) is 2.57. The number of carbonyl (C=O) groups excluding carboxylic acids is 2. The molecule has 2 aromatic carbocycles. The fourth-order valence-electron chi connectivity index (χ4n) is 1.85. The van der Waals surface area contributed by atoms with Gasteiger partial charge in [-0.1, -0.05) is 11.6 Å². The predicted molar refractivity (Wildman–Crippen MR) is 82.4 cm³/mol. The van der Waals surface area contributed by atoms with Gasteiger partial charge in [0.15, 0.2) is 17.5 Å². The molecule has 0 heterocycles. The monoisotopic (exact) mass is 356 g/mol. The van der Waals surface area contributed by atoms with Gasteiger partial charge in [0.2, 0.25) is 0 Å². The summed E-state index contributed by atoms with van der Waals surface area (Å²) in [7, 11) is 0. The second kappa shape index (κ2) is 7.83. The van der Waals surface area contributed by atoms with Gasteiger partial charge < -0.3 is 10.6 Å². The molecule has 0 fully saturated rings. The van der Waals surface area contributed by atoms with Crippen LogP contribution in [0.2, 0.25) is 5.02 Å². The summed E-state index contributed by atoms with van der Waals surface area (Å²) < 4.78 is 39.3. The lowest BCUT2D eigenvalue weighted by Crippen LogP contribution is -2.35. The third-order valence-corrected chi connectivity index (χ3v) is 3.33. The molecule has 8 heteroatoms. The lowest BCUT2D eigenvalue weighted by molar-refractivity contribution is 0.0924. The van der Waals surface area contributed by atoms with Gasteiger partial charge >= 0.3 is 0 Å². The molecular weight excluding hydrogens is 345 g/mol. The molecule has 2 N–H and O–H groups in total. The zero-order chi connectivity index (χ0) is 17.7. The first-order valence-corrected chi connectivity index (χ1v) is 7.23. The molecule has 0 atom stereocenters. The van der Waals surface area contributed by atoms with E-state index in [1.165, 1.54) is 12.1 Å². The van der Waals surface area contributed by atoms with Gasteiger partial charge in [-0.3, -0.25) is 9.59 Å². The number of rotatable bonds is 5. The minimum Gasteiger partial charge on any atom is -0.350 e. The van der Waals surface area contributed by atoms with E-state index in [0.717, 1.165) is 6.07 Å². The minimum atomic E-state index is -1.71. The van der Waals surface area contributed by atoms with Crippen molar-refractivity contribution < 1.29 is 22.8 Å². The first-order chi connectivity index (χ1) is 11.4. The number of benzene rings is 2. The predicted octanol–water partition coefficient (Wildman–Crippen LogP) is 2.92. The summed E-state index contributed by atoms with van der Waals surface area (Å²) in [5.74, 6) is -5.93. The van der Waals surface area contributed by atoms with Crippen molar-refractivity contribution in [3.63, 3.8) is 0 Å². The van der Waals surface area contributed by atoms with E-state index in [9.17, 15) is 22.8 Å². The van der Waals surface area contributed by atoms with Crippen LogP contribution in [0.5, 0.6) is 0 Å². The Hall–Kier alpha value is -2.54. The van der Waals surface area contributed by atoms with Crippen molar-refractivity contribution in [3.05, 3.63) is 70.0 Å². The van der Waals surface area contributed by atoms with Gasteiger partial charge in [-0.2, -0.15) is 0 Å². The first kappa shape index (κ1) is 17.8. The van der Waals surface area contributed by atoms with Crippen LogP contribution >= 0.6 is 11.6 Å². The van der Waals surface area contributed by atoms with E-state index in [1.807, 2.05) is 0 Å². The number of amides is 2. The second-order valence-electron chi connectivity index (χ2n) is 4.74. The molecule has 2 rings (SSSR count). The highest BCUT2D eigenvalue weighted by Crippen LogP contribution is 2.14. The van der Waals surface area contributed by atoms with E-state index >= 15 is 0 Å². The Bertz CT molecular complexity index is 767. The molecule has 0 aliphatic rings. The van der Waals surface area contributed by atoms with E-state index in [1.54, 1.807) is 12.1 Å². The van der Waals surface area contributed by atoms with Crippen molar-refractivity contribution in [2.75, 3.05) is 13.1 Å². The van der Waals surface area contributed by atoms with Crippen molar-refractivity contribution in [1.82, 2.24) is 10.6 Å².